The first-order valence-electron chi connectivity index (χ1n) is 6.68. The van der Waals surface area contributed by atoms with Gasteiger partial charge in [-0.3, -0.25) is 4.79 Å². The molecule has 0 unspecified atom stereocenters. The summed E-state index contributed by atoms with van der Waals surface area (Å²) in [5.74, 6) is 0.0588. The summed E-state index contributed by atoms with van der Waals surface area (Å²) in [6, 6.07) is 6.25. The van der Waals surface area contributed by atoms with E-state index < -0.39 is 0 Å². The Balaban J connectivity index is 1.94. The molecule has 0 saturated heterocycles. The molecule has 0 N–H and O–H groups in total. The SMILES string of the molecule is C/C=C/C(=O)N1CCc2cc(-c3csc(C)n3)ccc21. The number of anilines is 1. The summed E-state index contributed by atoms with van der Waals surface area (Å²) in [5.41, 5.74) is 4.41. The van der Waals surface area contributed by atoms with Crippen molar-refractivity contribution < 1.29 is 4.79 Å². The molecule has 0 saturated carbocycles. The minimum absolute atomic E-state index is 0.0588. The summed E-state index contributed by atoms with van der Waals surface area (Å²) >= 11 is 1.66. The number of rotatable bonds is 2. The van der Waals surface area contributed by atoms with Crippen LogP contribution >= 0.6 is 11.3 Å². The number of hydrogen-bond donors (Lipinski definition) is 0. The number of carbonyl (C=O) groups is 1. The number of allylic oxidation sites excluding steroid dienone is 1. The number of fused-ring (bicyclic) bond motifs is 1. The van der Waals surface area contributed by atoms with Crippen LogP contribution in [0.3, 0.4) is 0 Å². The molecule has 2 aromatic rings. The summed E-state index contributed by atoms with van der Waals surface area (Å²) in [7, 11) is 0. The third-order valence-electron chi connectivity index (χ3n) is 3.47. The molecule has 0 spiro atoms. The van der Waals surface area contributed by atoms with Crippen LogP contribution in [0.5, 0.6) is 0 Å². The second-order valence-corrected chi connectivity index (χ2v) is 5.90. The molecule has 0 fully saturated rings. The van der Waals surface area contributed by atoms with Gasteiger partial charge in [-0.05, 0) is 44.0 Å². The molecular formula is C16H16N2OS. The molecule has 0 atom stereocenters. The molecule has 3 nitrogen and oxygen atoms in total. The van der Waals surface area contributed by atoms with E-state index in [1.807, 2.05) is 24.8 Å². The third-order valence-corrected chi connectivity index (χ3v) is 4.24. The minimum atomic E-state index is 0.0588. The Morgan fingerprint density at radius 3 is 3.00 bits per heavy atom. The highest BCUT2D eigenvalue weighted by Gasteiger charge is 2.23. The average molecular weight is 284 g/mol. The van der Waals surface area contributed by atoms with Crippen LogP contribution in [0.1, 0.15) is 17.5 Å². The number of carbonyl (C=O) groups excluding carboxylic acids is 1. The number of aromatic nitrogens is 1. The first kappa shape index (κ1) is 13.1. The zero-order valence-electron chi connectivity index (χ0n) is 11.6. The Hall–Kier alpha value is -1.94. The van der Waals surface area contributed by atoms with Gasteiger partial charge >= 0.3 is 0 Å². The lowest BCUT2D eigenvalue weighted by Gasteiger charge is -2.15. The molecule has 1 aromatic heterocycles. The first-order chi connectivity index (χ1) is 9.69. The van der Waals surface area contributed by atoms with E-state index in [2.05, 4.69) is 22.5 Å². The molecule has 3 rings (SSSR count). The van der Waals surface area contributed by atoms with Gasteiger partial charge in [0, 0.05) is 23.2 Å². The van der Waals surface area contributed by atoms with Crippen LogP contribution in [-0.4, -0.2) is 17.4 Å². The molecule has 1 amide bonds. The quantitative estimate of drug-likeness (QED) is 0.790. The Bertz CT molecular complexity index is 688. The molecule has 4 heteroatoms. The zero-order chi connectivity index (χ0) is 14.1. The third kappa shape index (κ3) is 2.27. The van der Waals surface area contributed by atoms with E-state index in [9.17, 15) is 4.79 Å². The Kier molecular flexibility index (Phi) is 3.40. The van der Waals surface area contributed by atoms with Crippen molar-refractivity contribution in [1.29, 1.82) is 0 Å². The fraction of sp³-hybridized carbons (Fsp3) is 0.250. The van der Waals surface area contributed by atoms with Crippen molar-refractivity contribution in [2.24, 2.45) is 0 Å². The molecule has 1 aliphatic heterocycles. The van der Waals surface area contributed by atoms with Crippen molar-refractivity contribution in [1.82, 2.24) is 4.98 Å². The fourth-order valence-electron chi connectivity index (χ4n) is 2.52. The topological polar surface area (TPSA) is 33.2 Å². The Morgan fingerprint density at radius 1 is 1.45 bits per heavy atom. The highest BCUT2D eigenvalue weighted by atomic mass is 32.1. The van der Waals surface area contributed by atoms with Gasteiger partial charge in [0.1, 0.15) is 0 Å². The van der Waals surface area contributed by atoms with Crippen LogP contribution < -0.4 is 4.90 Å². The van der Waals surface area contributed by atoms with E-state index in [0.29, 0.717) is 0 Å². The monoisotopic (exact) mass is 284 g/mol. The van der Waals surface area contributed by atoms with Crippen molar-refractivity contribution >= 4 is 22.9 Å². The summed E-state index contributed by atoms with van der Waals surface area (Å²) in [6.45, 7) is 4.64. The van der Waals surface area contributed by atoms with Gasteiger partial charge in [-0.1, -0.05) is 12.1 Å². The van der Waals surface area contributed by atoms with Crippen LogP contribution in [0, 0.1) is 6.92 Å². The lowest BCUT2D eigenvalue weighted by atomic mass is 10.1. The van der Waals surface area contributed by atoms with Crippen molar-refractivity contribution in [2.45, 2.75) is 20.3 Å². The number of amides is 1. The van der Waals surface area contributed by atoms with E-state index in [1.54, 1.807) is 23.5 Å². The summed E-state index contributed by atoms with van der Waals surface area (Å²) in [4.78, 5) is 18.4. The highest BCUT2D eigenvalue weighted by molar-refractivity contribution is 7.09. The van der Waals surface area contributed by atoms with Crippen molar-refractivity contribution in [3.05, 3.63) is 46.3 Å². The average Bonchev–Trinajstić information content (AvgIpc) is 3.04. The first-order valence-corrected chi connectivity index (χ1v) is 7.56. The lowest BCUT2D eigenvalue weighted by molar-refractivity contribution is -0.114. The van der Waals surface area contributed by atoms with Gasteiger partial charge in [-0.15, -0.1) is 11.3 Å². The maximum Gasteiger partial charge on any atom is 0.250 e. The van der Waals surface area contributed by atoms with Crippen LogP contribution in [0.25, 0.3) is 11.3 Å². The largest absolute Gasteiger partial charge is 0.308 e. The van der Waals surface area contributed by atoms with Crippen LogP contribution in [0.2, 0.25) is 0 Å². The predicted molar refractivity (Wildman–Crippen MR) is 83.2 cm³/mol. The molecule has 0 radical (unpaired) electrons. The Morgan fingerprint density at radius 2 is 2.30 bits per heavy atom. The number of benzene rings is 1. The smallest absolute Gasteiger partial charge is 0.250 e. The highest BCUT2D eigenvalue weighted by Crippen LogP contribution is 2.32. The lowest BCUT2D eigenvalue weighted by Crippen LogP contribution is -2.26. The fourth-order valence-corrected chi connectivity index (χ4v) is 3.14. The normalized spacial score (nSPS) is 14.0. The molecule has 1 aromatic carbocycles. The maximum atomic E-state index is 12.0. The van der Waals surface area contributed by atoms with E-state index in [0.717, 1.165) is 34.9 Å². The van der Waals surface area contributed by atoms with Gasteiger partial charge in [0.25, 0.3) is 5.91 Å². The van der Waals surface area contributed by atoms with Crippen molar-refractivity contribution in [3.8, 4) is 11.3 Å². The second-order valence-electron chi connectivity index (χ2n) is 4.84. The minimum Gasteiger partial charge on any atom is -0.308 e. The standard InChI is InChI=1S/C16H16N2OS/c1-3-4-16(19)18-8-7-13-9-12(5-6-15(13)18)14-10-20-11(2)17-14/h3-6,9-10H,7-8H2,1-2H3/b4-3+. The molecule has 0 aliphatic carbocycles. The second kappa shape index (κ2) is 5.21. The molecule has 102 valence electrons. The summed E-state index contributed by atoms with van der Waals surface area (Å²) in [6.07, 6.45) is 4.31. The molecular weight excluding hydrogens is 268 g/mol. The predicted octanol–water partition coefficient (Wildman–Crippen LogP) is 3.58. The van der Waals surface area contributed by atoms with E-state index >= 15 is 0 Å². The number of thiazole rings is 1. The Labute approximate surface area is 122 Å². The maximum absolute atomic E-state index is 12.0. The molecule has 2 heterocycles. The van der Waals surface area contributed by atoms with Crippen LogP contribution in [0.4, 0.5) is 5.69 Å². The van der Waals surface area contributed by atoms with Gasteiger partial charge in [0.15, 0.2) is 0 Å². The van der Waals surface area contributed by atoms with Gasteiger partial charge < -0.3 is 4.90 Å². The summed E-state index contributed by atoms with van der Waals surface area (Å²) in [5, 5.41) is 3.15. The number of aryl methyl sites for hydroxylation is 1. The van der Waals surface area contributed by atoms with E-state index in [4.69, 9.17) is 0 Å². The van der Waals surface area contributed by atoms with Crippen molar-refractivity contribution in [3.63, 3.8) is 0 Å². The number of nitrogens with zero attached hydrogens (tertiary/aromatic N) is 2. The number of hydrogen-bond acceptors (Lipinski definition) is 3. The van der Waals surface area contributed by atoms with Gasteiger partial charge in [-0.2, -0.15) is 0 Å². The van der Waals surface area contributed by atoms with E-state index in [1.165, 1.54) is 5.56 Å². The zero-order valence-corrected chi connectivity index (χ0v) is 12.4. The van der Waals surface area contributed by atoms with E-state index in [-0.39, 0.29) is 5.91 Å². The molecule has 0 bridgehead atoms. The van der Waals surface area contributed by atoms with Crippen LogP contribution in [0.15, 0.2) is 35.7 Å². The van der Waals surface area contributed by atoms with Crippen molar-refractivity contribution in [2.75, 3.05) is 11.4 Å². The molecule has 1 aliphatic rings. The van der Waals surface area contributed by atoms with Gasteiger partial charge in [-0.25, -0.2) is 4.98 Å². The molecule has 20 heavy (non-hydrogen) atoms. The van der Waals surface area contributed by atoms with Gasteiger partial charge in [0.2, 0.25) is 0 Å². The van der Waals surface area contributed by atoms with Gasteiger partial charge in [0.05, 0.1) is 10.7 Å². The summed E-state index contributed by atoms with van der Waals surface area (Å²) < 4.78 is 0. The van der Waals surface area contributed by atoms with Crippen LogP contribution in [-0.2, 0) is 11.2 Å².